The van der Waals surface area contributed by atoms with Gasteiger partial charge in [0.2, 0.25) is 5.91 Å². The van der Waals surface area contributed by atoms with Crippen LogP contribution in [-0.2, 0) is 14.3 Å². The Balaban J connectivity index is 2.81. The summed E-state index contributed by atoms with van der Waals surface area (Å²) in [7, 11) is 0. The third kappa shape index (κ3) is 8.52. The van der Waals surface area contributed by atoms with Gasteiger partial charge in [-0.05, 0) is 31.4 Å². The Morgan fingerprint density at radius 2 is 1.89 bits per heavy atom. The van der Waals surface area contributed by atoms with E-state index in [4.69, 9.17) is 16.3 Å². The van der Waals surface area contributed by atoms with Gasteiger partial charge >= 0.3 is 5.97 Å². The number of esters is 1. The first kappa shape index (κ1) is 23.8. The SMILES string of the molecule is CCCCCC(=O)Nc1cc(SC(CC)C(=O)OCCCC)c(Cl)cc1F. The number of ether oxygens (including phenoxy) is 1. The molecule has 1 rings (SSSR count). The Morgan fingerprint density at radius 1 is 1.19 bits per heavy atom. The van der Waals surface area contributed by atoms with E-state index < -0.39 is 11.1 Å². The van der Waals surface area contributed by atoms with Gasteiger partial charge in [-0.25, -0.2) is 4.39 Å². The topological polar surface area (TPSA) is 55.4 Å². The summed E-state index contributed by atoms with van der Waals surface area (Å²) in [6, 6.07) is 2.66. The van der Waals surface area contributed by atoms with Crippen molar-refractivity contribution < 1.29 is 18.7 Å². The van der Waals surface area contributed by atoms with E-state index in [1.807, 2.05) is 13.8 Å². The van der Waals surface area contributed by atoms with Crippen LogP contribution in [-0.4, -0.2) is 23.7 Å². The van der Waals surface area contributed by atoms with Crippen LogP contribution >= 0.6 is 23.4 Å². The number of thioether (sulfide) groups is 1. The highest BCUT2D eigenvalue weighted by atomic mass is 35.5. The van der Waals surface area contributed by atoms with Crippen LogP contribution in [0.3, 0.4) is 0 Å². The number of halogens is 2. The fraction of sp³-hybridized carbons (Fsp3) is 0.600. The van der Waals surface area contributed by atoms with Crippen LogP contribution < -0.4 is 5.32 Å². The molecule has 0 aliphatic heterocycles. The molecule has 0 aliphatic rings. The van der Waals surface area contributed by atoms with Gasteiger partial charge in [0.15, 0.2) is 0 Å². The lowest BCUT2D eigenvalue weighted by molar-refractivity contribution is -0.143. The molecule has 1 aromatic rings. The molecule has 0 radical (unpaired) electrons. The first-order valence-corrected chi connectivity index (χ1v) is 10.8. The quantitative estimate of drug-likeness (QED) is 0.249. The largest absolute Gasteiger partial charge is 0.465 e. The van der Waals surface area contributed by atoms with Gasteiger partial charge in [0.05, 0.1) is 17.3 Å². The average molecular weight is 418 g/mol. The van der Waals surface area contributed by atoms with Crippen molar-refractivity contribution in [3.05, 3.63) is 23.0 Å². The number of rotatable bonds is 12. The molecule has 152 valence electrons. The molecule has 7 heteroatoms. The van der Waals surface area contributed by atoms with Crippen molar-refractivity contribution in [3.8, 4) is 0 Å². The Labute approximate surface area is 170 Å². The van der Waals surface area contributed by atoms with Gasteiger partial charge in [-0.15, -0.1) is 11.8 Å². The molecule has 0 saturated heterocycles. The molecule has 27 heavy (non-hydrogen) atoms. The van der Waals surface area contributed by atoms with Crippen molar-refractivity contribution >= 4 is 40.9 Å². The number of amides is 1. The van der Waals surface area contributed by atoms with Gasteiger partial charge in [-0.2, -0.15) is 0 Å². The van der Waals surface area contributed by atoms with E-state index >= 15 is 0 Å². The third-order valence-corrected chi connectivity index (χ3v) is 5.77. The number of hydrogen-bond donors (Lipinski definition) is 1. The molecule has 1 amide bonds. The van der Waals surface area contributed by atoms with Crippen molar-refractivity contribution in [2.75, 3.05) is 11.9 Å². The number of nitrogens with one attached hydrogen (secondary N) is 1. The summed E-state index contributed by atoms with van der Waals surface area (Å²) in [5, 5.41) is 2.37. The molecule has 0 aliphatic carbocycles. The van der Waals surface area contributed by atoms with Gasteiger partial charge in [0.1, 0.15) is 11.1 Å². The fourth-order valence-electron chi connectivity index (χ4n) is 2.32. The summed E-state index contributed by atoms with van der Waals surface area (Å²) >= 11 is 7.38. The number of hydrogen-bond acceptors (Lipinski definition) is 4. The van der Waals surface area contributed by atoms with Gasteiger partial charge in [0.25, 0.3) is 0 Å². The van der Waals surface area contributed by atoms with Crippen LogP contribution in [0.1, 0.15) is 65.7 Å². The maximum absolute atomic E-state index is 14.2. The first-order chi connectivity index (χ1) is 12.9. The van der Waals surface area contributed by atoms with Crippen molar-refractivity contribution in [1.82, 2.24) is 0 Å². The van der Waals surface area contributed by atoms with Crippen LogP contribution in [0.15, 0.2) is 17.0 Å². The summed E-state index contributed by atoms with van der Waals surface area (Å²) in [6.07, 6.45) is 5.40. The second kappa shape index (κ2) is 13.0. The van der Waals surface area contributed by atoms with Crippen molar-refractivity contribution in [2.24, 2.45) is 0 Å². The summed E-state index contributed by atoms with van der Waals surface area (Å²) < 4.78 is 19.4. The van der Waals surface area contributed by atoms with E-state index in [1.54, 1.807) is 0 Å². The average Bonchev–Trinajstić information content (AvgIpc) is 2.63. The van der Waals surface area contributed by atoms with E-state index in [-0.39, 0.29) is 22.6 Å². The zero-order valence-corrected chi connectivity index (χ0v) is 17.9. The maximum Gasteiger partial charge on any atom is 0.319 e. The zero-order chi connectivity index (χ0) is 20.2. The molecular formula is C20H29ClFNO3S. The third-order valence-electron chi connectivity index (χ3n) is 3.95. The number of anilines is 1. The molecule has 4 nitrogen and oxygen atoms in total. The van der Waals surface area contributed by atoms with Gasteiger partial charge in [-0.1, -0.05) is 51.6 Å². The second-order valence-electron chi connectivity index (χ2n) is 6.30. The Kier molecular flexibility index (Phi) is 11.4. The lowest BCUT2D eigenvalue weighted by atomic mass is 10.2. The fourth-order valence-corrected chi connectivity index (χ4v) is 3.60. The lowest BCUT2D eigenvalue weighted by Crippen LogP contribution is -2.20. The van der Waals surface area contributed by atoms with E-state index in [2.05, 4.69) is 12.2 Å². The van der Waals surface area contributed by atoms with Crippen molar-refractivity contribution in [1.29, 1.82) is 0 Å². The van der Waals surface area contributed by atoms with E-state index in [1.165, 1.54) is 23.9 Å². The predicted octanol–water partition coefficient (Wildman–Crippen LogP) is 6.21. The first-order valence-electron chi connectivity index (χ1n) is 9.55. The highest BCUT2D eigenvalue weighted by Crippen LogP contribution is 2.36. The molecule has 0 aromatic heterocycles. The van der Waals surface area contributed by atoms with E-state index in [0.29, 0.717) is 24.3 Å². The zero-order valence-electron chi connectivity index (χ0n) is 16.3. The number of carbonyl (C=O) groups is 2. The van der Waals surface area contributed by atoms with Gasteiger partial charge < -0.3 is 10.1 Å². The summed E-state index contributed by atoms with van der Waals surface area (Å²) in [4.78, 5) is 24.7. The molecule has 1 aromatic carbocycles. The minimum absolute atomic E-state index is 0.0811. The standard InChI is InChI=1S/C20H29ClFNO3S/c1-4-7-9-10-19(24)23-16-13-18(14(21)12-15(16)22)27-17(6-3)20(25)26-11-8-5-2/h12-13,17H,4-11H2,1-3H3,(H,23,24). The highest BCUT2D eigenvalue weighted by Gasteiger charge is 2.22. The maximum atomic E-state index is 14.2. The van der Waals surface area contributed by atoms with Crippen LogP contribution in [0, 0.1) is 5.82 Å². The summed E-state index contributed by atoms with van der Waals surface area (Å²) in [5.41, 5.74) is 0.0811. The normalized spacial score (nSPS) is 11.9. The smallest absolute Gasteiger partial charge is 0.319 e. The van der Waals surface area contributed by atoms with Crippen LogP contribution in [0.2, 0.25) is 5.02 Å². The van der Waals surface area contributed by atoms with Crippen LogP contribution in [0.25, 0.3) is 0 Å². The van der Waals surface area contributed by atoms with Crippen LogP contribution in [0.4, 0.5) is 10.1 Å². The monoisotopic (exact) mass is 417 g/mol. The lowest BCUT2D eigenvalue weighted by Gasteiger charge is -2.16. The molecule has 0 saturated carbocycles. The number of carbonyl (C=O) groups excluding carboxylic acids is 2. The Morgan fingerprint density at radius 3 is 2.52 bits per heavy atom. The van der Waals surface area contributed by atoms with E-state index in [0.717, 1.165) is 32.1 Å². The minimum Gasteiger partial charge on any atom is -0.465 e. The molecule has 1 N–H and O–H groups in total. The predicted molar refractivity (Wildman–Crippen MR) is 110 cm³/mol. The molecule has 1 atom stereocenters. The number of benzene rings is 1. The van der Waals surface area contributed by atoms with Gasteiger partial charge in [-0.3, -0.25) is 9.59 Å². The van der Waals surface area contributed by atoms with Crippen molar-refractivity contribution in [3.63, 3.8) is 0 Å². The minimum atomic E-state index is -0.591. The molecule has 1 unspecified atom stereocenters. The van der Waals surface area contributed by atoms with Gasteiger partial charge in [0, 0.05) is 11.3 Å². The molecular weight excluding hydrogens is 389 g/mol. The second-order valence-corrected chi connectivity index (χ2v) is 7.96. The molecule has 0 spiro atoms. The molecule has 0 fully saturated rings. The summed E-state index contributed by atoms with van der Waals surface area (Å²) in [5.74, 6) is -1.13. The van der Waals surface area contributed by atoms with Crippen LogP contribution in [0.5, 0.6) is 0 Å². The summed E-state index contributed by atoms with van der Waals surface area (Å²) in [6.45, 7) is 6.35. The Bertz CT molecular complexity index is 627. The molecule has 0 bridgehead atoms. The molecule has 0 heterocycles. The van der Waals surface area contributed by atoms with E-state index in [9.17, 15) is 14.0 Å². The van der Waals surface area contributed by atoms with Crippen molar-refractivity contribution in [2.45, 2.75) is 75.9 Å². The Hall–Kier alpha value is -1.27. The highest BCUT2D eigenvalue weighted by molar-refractivity contribution is 8.00. The number of unbranched alkanes of at least 4 members (excludes halogenated alkanes) is 3.